The molecule has 2 aromatic carbocycles. The highest BCUT2D eigenvalue weighted by atomic mass is 16.2. The zero-order valence-electron chi connectivity index (χ0n) is 17.4. The topological polar surface area (TPSA) is 40.6 Å². The van der Waals surface area contributed by atoms with Crippen molar-refractivity contribution in [1.29, 1.82) is 0 Å². The fraction of sp³-hybridized carbons (Fsp3) is 0.360. The summed E-state index contributed by atoms with van der Waals surface area (Å²) >= 11 is 0. The van der Waals surface area contributed by atoms with Crippen LogP contribution in [-0.4, -0.2) is 34.7 Å². The van der Waals surface area contributed by atoms with Gasteiger partial charge in [0.25, 0.3) is 11.8 Å². The first-order valence-electron chi connectivity index (χ1n) is 10.4. The Bertz CT molecular complexity index is 970. The smallest absolute Gasteiger partial charge is 0.278 e. The third-order valence-corrected chi connectivity index (χ3v) is 6.08. The SMILES string of the molecule is Cc1ccc(C2=C(N3CCC(C)CC3)C(=O)N(Cc3ccccc3)C2=O)c(C)c1. The predicted molar refractivity (Wildman–Crippen MR) is 115 cm³/mol. The number of amides is 2. The molecule has 1 fully saturated rings. The van der Waals surface area contributed by atoms with Crippen LogP contribution in [0.2, 0.25) is 0 Å². The lowest BCUT2D eigenvalue weighted by molar-refractivity contribution is -0.138. The van der Waals surface area contributed by atoms with E-state index in [1.165, 1.54) is 4.90 Å². The van der Waals surface area contributed by atoms with Gasteiger partial charge in [0.1, 0.15) is 5.70 Å². The van der Waals surface area contributed by atoms with Gasteiger partial charge in [0, 0.05) is 13.1 Å². The number of imide groups is 1. The summed E-state index contributed by atoms with van der Waals surface area (Å²) in [4.78, 5) is 30.5. The number of carbonyl (C=O) groups is 2. The Morgan fingerprint density at radius 2 is 1.62 bits per heavy atom. The minimum atomic E-state index is -0.181. The lowest BCUT2D eigenvalue weighted by atomic mass is 9.95. The molecule has 0 radical (unpaired) electrons. The third-order valence-electron chi connectivity index (χ3n) is 6.08. The molecule has 4 nitrogen and oxygen atoms in total. The lowest BCUT2D eigenvalue weighted by Crippen LogP contribution is -2.38. The van der Waals surface area contributed by atoms with Crippen molar-refractivity contribution in [1.82, 2.24) is 9.80 Å². The highest BCUT2D eigenvalue weighted by Gasteiger charge is 2.42. The van der Waals surface area contributed by atoms with Gasteiger partial charge < -0.3 is 4.90 Å². The Morgan fingerprint density at radius 1 is 0.931 bits per heavy atom. The number of hydrogen-bond acceptors (Lipinski definition) is 3. The van der Waals surface area contributed by atoms with E-state index in [1.54, 1.807) is 0 Å². The second-order valence-corrected chi connectivity index (χ2v) is 8.39. The number of likely N-dealkylation sites (tertiary alicyclic amines) is 1. The number of benzene rings is 2. The summed E-state index contributed by atoms with van der Waals surface area (Å²) in [5.74, 6) is 0.312. The first kappa shape index (κ1) is 19.4. The maximum Gasteiger partial charge on any atom is 0.278 e. The second-order valence-electron chi connectivity index (χ2n) is 8.39. The number of rotatable bonds is 4. The van der Waals surface area contributed by atoms with Gasteiger partial charge >= 0.3 is 0 Å². The van der Waals surface area contributed by atoms with Crippen molar-refractivity contribution in [2.75, 3.05) is 13.1 Å². The maximum absolute atomic E-state index is 13.5. The van der Waals surface area contributed by atoms with Crippen molar-refractivity contribution in [3.63, 3.8) is 0 Å². The van der Waals surface area contributed by atoms with Crippen LogP contribution in [0.1, 0.15) is 42.0 Å². The fourth-order valence-corrected chi connectivity index (χ4v) is 4.34. The maximum atomic E-state index is 13.5. The van der Waals surface area contributed by atoms with Gasteiger partial charge in [-0.05, 0) is 49.3 Å². The quantitative estimate of drug-likeness (QED) is 0.733. The van der Waals surface area contributed by atoms with Crippen LogP contribution in [0.3, 0.4) is 0 Å². The third kappa shape index (κ3) is 3.71. The molecule has 2 aliphatic heterocycles. The molecule has 4 rings (SSSR count). The number of piperidine rings is 1. The summed E-state index contributed by atoms with van der Waals surface area (Å²) < 4.78 is 0. The molecule has 0 bridgehead atoms. The van der Waals surface area contributed by atoms with Crippen LogP contribution < -0.4 is 0 Å². The van der Waals surface area contributed by atoms with Crippen LogP contribution in [-0.2, 0) is 16.1 Å². The summed E-state index contributed by atoms with van der Waals surface area (Å²) in [5.41, 5.74) is 5.17. The van der Waals surface area contributed by atoms with Crippen LogP contribution in [0.5, 0.6) is 0 Å². The Balaban J connectivity index is 1.76. The molecule has 150 valence electrons. The molecule has 0 N–H and O–H groups in total. The summed E-state index contributed by atoms with van der Waals surface area (Å²) in [6.07, 6.45) is 2.09. The van der Waals surface area contributed by atoms with E-state index in [9.17, 15) is 9.59 Å². The molecule has 4 heteroatoms. The zero-order chi connectivity index (χ0) is 20.5. The molecular formula is C25H28N2O2. The van der Waals surface area contributed by atoms with Crippen molar-refractivity contribution >= 4 is 17.4 Å². The normalized spacial score (nSPS) is 18.2. The lowest BCUT2D eigenvalue weighted by Gasteiger charge is -2.32. The Labute approximate surface area is 172 Å². The highest BCUT2D eigenvalue weighted by Crippen LogP contribution is 2.36. The Hall–Kier alpha value is -2.88. The summed E-state index contributed by atoms with van der Waals surface area (Å²) in [7, 11) is 0. The van der Waals surface area contributed by atoms with Crippen LogP contribution in [0.15, 0.2) is 54.2 Å². The molecule has 0 atom stereocenters. The van der Waals surface area contributed by atoms with E-state index in [0.717, 1.165) is 48.2 Å². The van der Waals surface area contributed by atoms with E-state index in [-0.39, 0.29) is 11.8 Å². The highest BCUT2D eigenvalue weighted by molar-refractivity contribution is 6.35. The molecule has 2 heterocycles. The number of carbonyl (C=O) groups excluding carboxylic acids is 2. The van der Waals surface area contributed by atoms with E-state index in [2.05, 4.69) is 17.9 Å². The van der Waals surface area contributed by atoms with Crippen LogP contribution >= 0.6 is 0 Å². The Kier molecular flexibility index (Phi) is 5.27. The van der Waals surface area contributed by atoms with Gasteiger partial charge in [-0.2, -0.15) is 0 Å². The van der Waals surface area contributed by atoms with E-state index < -0.39 is 0 Å². The van der Waals surface area contributed by atoms with Gasteiger partial charge in [0.2, 0.25) is 0 Å². The predicted octanol–water partition coefficient (Wildman–Crippen LogP) is 4.32. The van der Waals surface area contributed by atoms with E-state index in [4.69, 9.17) is 0 Å². The molecule has 2 aromatic rings. The summed E-state index contributed by atoms with van der Waals surface area (Å²) in [5, 5.41) is 0. The van der Waals surface area contributed by atoms with E-state index in [1.807, 2.05) is 56.3 Å². The van der Waals surface area contributed by atoms with Crippen molar-refractivity contribution in [3.05, 3.63) is 76.5 Å². The van der Waals surface area contributed by atoms with Crippen molar-refractivity contribution in [2.45, 2.75) is 40.2 Å². The second kappa shape index (κ2) is 7.86. The molecule has 2 amide bonds. The van der Waals surface area contributed by atoms with E-state index >= 15 is 0 Å². The minimum Gasteiger partial charge on any atom is -0.366 e. The molecule has 0 spiro atoms. The average molecular weight is 389 g/mol. The monoisotopic (exact) mass is 388 g/mol. The van der Waals surface area contributed by atoms with Crippen molar-refractivity contribution in [2.24, 2.45) is 5.92 Å². The standard InChI is InChI=1S/C25H28N2O2/c1-17-11-13-26(14-12-17)23-22(21-10-9-18(2)15-19(21)3)24(28)27(25(23)29)16-20-7-5-4-6-8-20/h4-10,15,17H,11-14,16H2,1-3H3. The zero-order valence-corrected chi connectivity index (χ0v) is 17.4. The Morgan fingerprint density at radius 3 is 2.28 bits per heavy atom. The van der Waals surface area contributed by atoms with Gasteiger partial charge in [-0.3, -0.25) is 14.5 Å². The summed E-state index contributed by atoms with van der Waals surface area (Å²) in [6.45, 7) is 8.26. The van der Waals surface area contributed by atoms with Crippen LogP contribution in [0, 0.1) is 19.8 Å². The molecule has 1 saturated heterocycles. The first-order chi connectivity index (χ1) is 14.0. The molecule has 0 aromatic heterocycles. The minimum absolute atomic E-state index is 0.164. The van der Waals surface area contributed by atoms with Crippen molar-refractivity contribution in [3.8, 4) is 0 Å². The summed E-state index contributed by atoms with van der Waals surface area (Å²) in [6, 6.07) is 15.8. The molecule has 0 unspecified atom stereocenters. The van der Waals surface area contributed by atoms with Gasteiger partial charge in [0.05, 0.1) is 12.1 Å². The molecule has 29 heavy (non-hydrogen) atoms. The van der Waals surface area contributed by atoms with Gasteiger partial charge in [-0.15, -0.1) is 0 Å². The van der Waals surface area contributed by atoms with Gasteiger partial charge in [-0.25, -0.2) is 0 Å². The number of hydrogen-bond donors (Lipinski definition) is 0. The van der Waals surface area contributed by atoms with Crippen LogP contribution in [0.25, 0.3) is 5.57 Å². The number of nitrogens with zero attached hydrogens (tertiary/aromatic N) is 2. The number of aryl methyl sites for hydroxylation is 2. The first-order valence-corrected chi connectivity index (χ1v) is 10.4. The van der Waals surface area contributed by atoms with Gasteiger partial charge in [-0.1, -0.05) is 61.0 Å². The van der Waals surface area contributed by atoms with Crippen LogP contribution in [0.4, 0.5) is 0 Å². The van der Waals surface area contributed by atoms with E-state index in [0.29, 0.717) is 23.7 Å². The van der Waals surface area contributed by atoms with Gasteiger partial charge in [0.15, 0.2) is 0 Å². The molecule has 2 aliphatic rings. The molecule has 0 saturated carbocycles. The average Bonchev–Trinajstić information content (AvgIpc) is 2.94. The fourth-order valence-electron chi connectivity index (χ4n) is 4.34. The largest absolute Gasteiger partial charge is 0.366 e. The molecular weight excluding hydrogens is 360 g/mol. The molecule has 0 aliphatic carbocycles. The van der Waals surface area contributed by atoms with Crippen molar-refractivity contribution < 1.29 is 9.59 Å².